The Kier molecular flexibility index (Phi) is 2.43. The number of likely N-dealkylation sites (tertiary alicyclic amines) is 1. The maximum atomic E-state index is 11.5. The van der Waals surface area contributed by atoms with E-state index in [0.29, 0.717) is 13.1 Å². The van der Waals surface area contributed by atoms with E-state index in [1.807, 2.05) is 13.8 Å². The first kappa shape index (κ1) is 11.1. The van der Waals surface area contributed by atoms with Gasteiger partial charge in [0, 0.05) is 24.5 Å². The van der Waals surface area contributed by atoms with Crippen LogP contribution in [0.1, 0.15) is 20.3 Å². The molecule has 0 N–H and O–H groups in total. The molecule has 2 aliphatic rings. The lowest BCUT2D eigenvalue weighted by Gasteiger charge is -2.31. The lowest BCUT2D eigenvalue weighted by atomic mass is 9.95. The zero-order chi connectivity index (χ0) is 11.3. The molecule has 0 spiro atoms. The van der Waals surface area contributed by atoms with Crippen LogP contribution in [0, 0.1) is 5.41 Å². The Bertz CT molecular complexity index is 374. The second-order valence-electron chi connectivity index (χ2n) is 5.38. The van der Waals surface area contributed by atoms with Gasteiger partial charge in [-0.3, -0.25) is 4.90 Å². The third kappa shape index (κ3) is 1.95. The average Bonchev–Trinajstić information content (AvgIpc) is 2.59. The quantitative estimate of drug-likeness (QED) is 0.646. The fourth-order valence-corrected chi connectivity index (χ4v) is 4.62. The minimum absolute atomic E-state index is 0.152. The summed E-state index contributed by atoms with van der Waals surface area (Å²) >= 11 is 0. The van der Waals surface area contributed by atoms with Gasteiger partial charge in [0.15, 0.2) is 9.84 Å². The molecule has 2 fully saturated rings. The van der Waals surface area contributed by atoms with E-state index in [1.165, 1.54) is 0 Å². The van der Waals surface area contributed by atoms with Crippen molar-refractivity contribution in [3.63, 3.8) is 0 Å². The van der Waals surface area contributed by atoms with Gasteiger partial charge in [-0.1, -0.05) is 13.8 Å². The molecule has 0 amide bonds. The molecular weight excluding hydrogens is 214 g/mol. The van der Waals surface area contributed by atoms with Gasteiger partial charge in [-0.25, -0.2) is 8.42 Å². The van der Waals surface area contributed by atoms with Crippen LogP contribution in [0.3, 0.4) is 0 Å². The Morgan fingerprint density at radius 1 is 1.47 bits per heavy atom. The van der Waals surface area contributed by atoms with Crippen molar-refractivity contribution in [2.75, 3.05) is 18.8 Å². The number of fused-ring (bicyclic) bond motifs is 2. The zero-order valence-corrected chi connectivity index (χ0v) is 9.96. The van der Waals surface area contributed by atoms with Gasteiger partial charge < -0.3 is 4.79 Å². The first-order valence-corrected chi connectivity index (χ1v) is 6.97. The highest BCUT2D eigenvalue weighted by Crippen LogP contribution is 2.34. The van der Waals surface area contributed by atoms with Crippen molar-refractivity contribution in [1.82, 2.24) is 4.90 Å². The van der Waals surface area contributed by atoms with E-state index in [0.717, 1.165) is 12.7 Å². The van der Waals surface area contributed by atoms with Gasteiger partial charge in [-0.2, -0.15) is 0 Å². The molecule has 2 heterocycles. The summed E-state index contributed by atoms with van der Waals surface area (Å²) in [5, 5.41) is -0.176. The van der Waals surface area contributed by atoms with Crippen LogP contribution in [-0.2, 0) is 14.6 Å². The number of carbonyl (C=O) groups is 1. The molecule has 2 saturated heterocycles. The minimum atomic E-state index is -2.81. The molecular formula is C10H17NO3S. The van der Waals surface area contributed by atoms with Crippen LogP contribution in [0.4, 0.5) is 0 Å². The molecule has 0 aromatic heterocycles. The number of nitrogens with zero attached hydrogens (tertiary/aromatic N) is 1. The predicted octanol–water partition coefficient (Wildman–Crippen LogP) is 0.0828. The fraction of sp³-hybridized carbons (Fsp3) is 0.900. The van der Waals surface area contributed by atoms with Crippen LogP contribution < -0.4 is 0 Å². The summed E-state index contributed by atoms with van der Waals surface area (Å²) in [5.41, 5.74) is -0.367. The summed E-state index contributed by atoms with van der Waals surface area (Å²) in [6.07, 6.45) is 1.71. The molecule has 2 unspecified atom stereocenters. The number of carbonyl (C=O) groups excluding carboxylic acids is 1. The molecule has 0 saturated carbocycles. The number of rotatable bonds is 3. The van der Waals surface area contributed by atoms with Gasteiger partial charge in [0.1, 0.15) is 6.29 Å². The van der Waals surface area contributed by atoms with E-state index in [2.05, 4.69) is 4.90 Å². The second kappa shape index (κ2) is 3.28. The zero-order valence-electron chi connectivity index (χ0n) is 9.14. The van der Waals surface area contributed by atoms with E-state index in [9.17, 15) is 13.2 Å². The van der Waals surface area contributed by atoms with Gasteiger partial charge in [-0.05, 0) is 6.42 Å². The summed E-state index contributed by atoms with van der Waals surface area (Å²) in [5.74, 6) is 0.284. The van der Waals surface area contributed by atoms with Crippen molar-refractivity contribution < 1.29 is 13.2 Å². The van der Waals surface area contributed by atoms with Crippen molar-refractivity contribution in [2.45, 2.75) is 31.6 Å². The first-order valence-electron chi connectivity index (χ1n) is 5.26. The van der Waals surface area contributed by atoms with E-state index in [4.69, 9.17) is 0 Å². The molecule has 0 aromatic carbocycles. The Morgan fingerprint density at radius 2 is 2.13 bits per heavy atom. The van der Waals surface area contributed by atoms with Crippen molar-refractivity contribution in [3.05, 3.63) is 0 Å². The van der Waals surface area contributed by atoms with Gasteiger partial charge >= 0.3 is 0 Å². The van der Waals surface area contributed by atoms with Crippen LogP contribution in [-0.4, -0.2) is 49.7 Å². The van der Waals surface area contributed by atoms with Crippen LogP contribution in [0.2, 0.25) is 0 Å². The molecule has 2 rings (SSSR count). The Balaban J connectivity index is 2.04. The van der Waals surface area contributed by atoms with Crippen LogP contribution >= 0.6 is 0 Å². The van der Waals surface area contributed by atoms with Crippen LogP contribution in [0.15, 0.2) is 0 Å². The molecule has 5 heteroatoms. The summed E-state index contributed by atoms with van der Waals surface area (Å²) in [7, 11) is -2.81. The van der Waals surface area contributed by atoms with Crippen LogP contribution in [0.25, 0.3) is 0 Å². The number of hydrogen-bond acceptors (Lipinski definition) is 4. The highest BCUT2D eigenvalue weighted by Gasteiger charge is 2.48. The smallest absolute Gasteiger partial charge is 0.156 e. The topological polar surface area (TPSA) is 54.5 Å². The Labute approximate surface area is 90.6 Å². The van der Waals surface area contributed by atoms with Crippen molar-refractivity contribution in [3.8, 4) is 0 Å². The van der Waals surface area contributed by atoms with Gasteiger partial charge in [0.05, 0.1) is 11.0 Å². The predicted molar refractivity (Wildman–Crippen MR) is 57.4 cm³/mol. The normalized spacial score (nSPS) is 34.5. The molecule has 0 aromatic rings. The molecule has 4 nitrogen and oxygen atoms in total. The number of aldehydes is 1. The van der Waals surface area contributed by atoms with Crippen molar-refractivity contribution in [1.29, 1.82) is 0 Å². The summed E-state index contributed by atoms with van der Waals surface area (Å²) < 4.78 is 23.0. The maximum absolute atomic E-state index is 11.5. The number of hydrogen-bond donors (Lipinski definition) is 0. The van der Waals surface area contributed by atoms with Crippen molar-refractivity contribution >= 4 is 16.1 Å². The SMILES string of the molecule is CC(C)(C=O)CN1CC2CC1CS2(=O)=O. The largest absolute Gasteiger partial charge is 0.303 e. The van der Waals surface area contributed by atoms with Gasteiger partial charge in [-0.15, -0.1) is 0 Å². The Hall–Kier alpha value is -0.420. The summed E-state index contributed by atoms with van der Waals surface area (Å²) in [4.78, 5) is 13.0. The average molecular weight is 231 g/mol. The van der Waals surface area contributed by atoms with E-state index < -0.39 is 9.84 Å². The van der Waals surface area contributed by atoms with Crippen LogP contribution in [0.5, 0.6) is 0 Å². The summed E-state index contributed by atoms with van der Waals surface area (Å²) in [6.45, 7) is 5.07. The fourth-order valence-electron chi connectivity index (χ4n) is 2.53. The highest BCUT2D eigenvalue weighted by atomic mass is 32.2. The standard InChI is InChI=1S/C10H17NO3S/c1-10(2,7-12)6-11-4-9-3-8(11)5-15(9,13)14/h7-9H,3-6H2,1-2H3. The Morgan fingerprint density at radius 3 is 2.53 bits per heavy atom. The van der Waals surface area contributed by atoms with E-state index in [-0.39, 0.29) is 22.5 Å². The maximum Gasteiger partial charge on any atom is 0.156 e. The molecule has 0 radical (unpaired) electrons. The molecule has 2 atom stereocenters. The lowest BCUT2D eigenvalue weighted by molar-refractivity contribution is -0.115. The monoisotopic (exact) mass is 231 g/mol. The molecule has 2 aliphatic heterocycles. The van der Waals surface area contributed by atoms with E-state index in [1.54, 1.807) is 0 Å². The van der Waals surface area contributed by atoms with E-state index >= 15 is 0 Å². The highest BCUT2D eigenvalue weighted by molar-refractivity contribution is 7.92. The summed E-state index contributed by atoms with van der Waals surface area (Å²) in [6, 6.07) is 0.152. The lowest BCUT2D eigenvalue weighted by Crippen LogP contribution is -2.45. The number of sulfone groups is 1. The van der Waals surface area contributed by atoms with Gasteiger partial charge in [0.25, 0.3) is 0 Å². The van der Waals surface area contributed by atoms with Gasteiger partial charge in [0.2, 0.25) is 0 Å². The second-order valence-corrected chi connectivity index (χ2v) is 7.70. The van der Waals surface area contributed by atoms with Crippen molar-refractivity contribution in [2.24, 2.45) is 5.41 Å². The molecule has 0 aliphatic carbocycles. The third-order valence-corrected chi connectivity index (χ3v) is 5.56. The first-order chi connectivity index (χ1) is 6.84. The minimum Gasteiger partial charge on any atom is -0.303 e. The molecule has 86 valence electrons. The third-order valence-electron chi connectivity index (χ3n) is 3.35. The molecule has 2 bridgehead atoms. The molecule has 15 heavy (non-hydrogen) atoms.